The van der Waals surface area contributed by atoms with Crippen molar-refractivity contribution in [3.8, 4) is 5.88 Å². The van der Waals surface area contributed by atoms with Crippen molar-refractivity contribution in [2.45, 2.75) is 11.8 Å². The molecule has 0 aromatic carbocycles. The van der Waals surface area contributed by atoms with Gasteiger partial charge in [-0.3, -0.25) is 0 Å². The second kappa shape index (κ2) is 5.93. The van der Waals surface area contributed by atoms with Crippen LogP contribution in [0.3, 0.4) is 0 Å². The first-order valence-electron chi connectivity index (χ1n) is 5.25. The van der Waals surface area contributed by atoms with Crippen molar-refractivity contribution in [3.05, 3.63) is 41.2 Å². The van der Waals surface area contributed by atoms with E-state index in [9.17, 15) is 0 Å². The molecular formula is C12H12ClN3OS. The molecule has 0 saturated carbocycles. The summed E-state index contributed by atoms with van der Waals surface area (Å²) in [5.41, 5.74) is 0.993. The van der Waals surface area contributed by atoms with Crippen molar-refractivity contribution in [2.24, 2.45) is 0 Å². The van der Waals surface area contributed by atoms with E-state index in [0.717, 1.165) is 10.5 Å². The summed E-state index contributed by atoms with van der Waals surface area (Å²) in [4.78, 5) is 9.16. The van der Waals surface area contributed by atoms with Gasteiger partial charge in [0.05, 0.1) is 12.0 Å². The van der Waals surface area contributed by atoms with Gasteiger partial charge in [0.25, 0.3) is 0 Å². The summed E-state index contributed by atoms with van der Waals surface area (Å²) in [5.74, 6) is 1.32. The number of aryl methyl sites for hydroxylation is 1. The zero-order valence-corrected chi connectivity index (χ0v) is 11.5. The highest BCUT2D eigenvalue weighted by molar-refractivity contribution is 8.00. The van der Waals surface area contributed by atoms with E-state index in [0.29, 0.717) is 16.9 Å². The lowest BCUT2D eigenvalue weighted by Crippen LogP contribution is -1.96. The molecule has 2 heterocycles. The molecule has 0 spiro atoms. The van der Waals surface area contributed by atoms with Gasteiger partial charge in [-0.25, -0.2) is 4.98 Å². The second-order valence-electron chi connectivity index (χ2n) is 3.52. The van der Waals surface area contributed by atoms with Crippen LogP contribution in [0.25, 0.3) is 0 Å². The minimum absolute atomic E-state index is 0.467. The molecule has 0 radical (unpaired) electrons. The predicted octanol–water partition coefficient (Wildman–Crippen LogP) is 3.57. The van der Waals surface area contributed by atoms with Gasteiger partial charge in [-0.1, -0.05) is 17.7 Å². The number of aromatic nitrogens is 2. The molecule has 0 amide bonds. The summed E-state index contributed by atoms with van der Waals surface area (Å²) >= 11 is 7.32. The maximum absolute atomic E-state index is 5.96. The van der Waals surface area contributed by atoms with Gasteiger partial charge in [0, 0.05) is 11.8 Å². The number of hydrogen-bond acceptors (Lipinski definition) is 5. The van der Waals surface area contributed by atoms with Crippen LogP contribution in [-0.2, 0) is 0 Å². The van der Waals surface area contributed by atoms with Crippen molar-refractivity contribution in [1.29, 1.82) is 0 Å². The summed E-state index contributed by atoms with van der Waals surface area (Å²) < 4.78 is 8.27. The van der Waals surface area contributed by atoms with Gasteiger partial charge >= 0.3 is 0 Å². The van der Waals surface area contributed by atoms with Crippen LogP contribution in [0, 0.1) is 6.92 Å². The average molecular weight is 282 g/mol. The third kappa shape index (κ3) is 3.05. The number of methoxy groups -OCH3 is 1. The SMILES string of the molecule is COc1nc(NSc2cccnc2Cl)ccc1C. The summed E-state index contributed by atoms with van der Waals surface area (Å²) in [6, 6.07) is 7.55. The Hall–Kier alpha value is -1.46. The van der Waals surface area contributed by atoms with Crippen molar-refractivity contribution in [1.82, 2.24) is 9.97 Å². The van der Waals surface area contributed by atoms with Gasteiger partial charge < -0.3 is 9.46 Å². The standard InChI is InChI=1S/C12H12ClN3OS/c1-8-5-6-10(15-12(8)17-2)16-18-9-4-3-7-14-11(9)13/h3-7H,1-2H3,(H,15,16). The van der Waals surface area contributed by atoms with Crippen molar-refractivity contribution < 1.29 is 4.74 Å². The molecular weight excluding hydrogens is 270 g/mol. The molecule has 0 unspecified atom stereocenters. The van der Waals surface area contributed by atoms with Gasteiger partial charge in [-0.15, -0.1) is 0 Å². The molecule has 94 valence electrons. The third-order valence-corrected chi connectivity index (χ3v) is 3.51. The fourth-order valence-electron chi connectivity index (χ4n) is 1.33. The number of ether oxygens (including phenoxy) is 1. The predicted molar refractivity (Wildman–Crippen MR) is 74.3 cm³/mol. The Kier molecular flexibility index (Phi) is 4.28. The van der Waals surface area contributed by atoms with E-state index in [2.05, 4.69) is 14.7 Å². The highest BCUT2D eigenvalue weighted by Crippen LogP contribution is 2.26. The van der Waals surface area contributed by atoms with E-state index in [-0.39, 0.29) is 0 Å². The van der Waals surface area contributed by atoms with E-state index in [4.69, 9.17) is 16.3 Å². The molecule has 0 aliphatic carbocycles. The normalized spacial score (nSPS) is 10.2. The lowest BCUT2D eigenvalue weighted by atomic mass is 10.3. The minimum Gasteiger partial charge on any atom is -0.481 e. The van der Waals surface area contributed by atoms with Crippen LogP contribution < -0.4 is 9.46 Å². The summed E-state index contributed by atoms with van der Waals surface area (Å²) in [5, 5.41) is 0.467. The van der Waals surface area contributed by atoms with Crippen molar-refractivity contribution >= 4 is 29.4 Å². The molecule has 1 N–H and O–H groups in total. The van der Waals surface area contributed by atoms with Gasteiger partial charge in [0.1, 0.15) is 11.0 Å². The Labute approximate surface area is 115 Å². The lowest BCUT2D eigenvalue weighted by Gasteiger charge is -2.08. The molecule has 18 heavy (non-hydrogen) atoms. The van der Waals surface area contributed by atoms with Crippen molar-refractivity contribution in [3.63, 3.8) is 0 Å². The zero-order valence-electron chi connectivity index (χ0n) is 9.98. The Morgan fingerprint density at radius 1 is 1.33 bits per heavy atom. The fourth-order valence-corrected chi connectivity index (χ4v) is 2.18. The number of halogens is 1. The van der Waals surface area contributed by atoms with Crippen LogP contribution in [0.5, 0.6) is 5.88 Å². The van der Waals surface area contributed by atoms with E-state index in [1.807, 2.05) is 31.2 Å². The quantitative estimate of drug-likeness (QED) is 0.686. The van der Waals surface area contributed by atoms with Crippen LogP contribution in [-0.4, -0.2) is 17.1 Å². The largest absolute Gasteiger partial charge is 0.481 e. The average Bonchev–Trinajstić information content (AvgIpc) is 2.39. The molecule has 2 aromatic heterocycles. The molecule has 0 fully saturated rings. The number of hydrogen-bond donors (Lipinski definition) is 1. The molecule has 0 atom stereocenters. The van der Waals surface area contributed by atoms with Crippen LogP contribution >= 0.6 is 23.5 Å². The van der Waals surface area contributed by atoms with E-state index >= 15 is 0 Å². The van der Waals surface area contributed by atoms with Gasteiger partial charge in [0.2, 0.25) is 5.88 Å². The first kappa shape index (κ1) is 13.0. The van der Waals surface area contributed by atoms with Gasteiger partial charge in [-0.05, 0) is 37.1 Å². The highest BCUT2D eigenvalue weighted by atomic mass is 35.5. The smallest absolute Gasteiger partial charge is 0.217 e. The molecule has 6 heteroatoms. The number of anilines is 1. The second-order valence-corrected chi connectivity index (χ2v) is 4.73. The number of nitrogens with one attached hydrogen (secondary N) is 1. The summed E-state index contributed by atoms with van der Waals surface area (Å²) in [6.45, 7) is 1.95. The Balaban J connectivity index is 2.09. The minimum atomic E-state index is 0.467. The Morgan fingerprint density at radius 3 is 2.89 bits per heavy atom. The first-order chi connectivity index (χ1) is 8.70. The zero-order chi connectivity index (χ0) is 13.0. The van der Waals surface area contributed by atoms with E-state index in [1.54, 1.807) is 13.3 Å². The topological polar surface area (TPSA) is 47.0 Å². The lowest BCUT2D eigenvalue weighted by molar-refractivity contribution is 0.395. The molecule has 0 aliphatic rings. The van der Waals surface area contributed by atoms with Gasteiger partial charge in [-0.2, -0.15) is 4.98 Å². The molecule has 2 rings (SSSR count). The van der Waals surface area contributed by atoms with E-state index in [1.165, 1.54) is 11.9 Å². The third-order valence-electron chi connectivity index (χ3n) is 2.23. The maximum Gasteiger partial charge on any atom is 0.217 e. The Bertz CT molecular complexity index is 551. The number of nitrogens with zero attached hydrogens (tertiary/aromatic N) is 2. The molecule has 4 nitrogen and oxygen atoms in total. The monoisotopic (exact) mass is 281 g/mol. The summed E-state index contributed by atoms with van der Waals surface area (Å²) in [6.07, 6.45) is 1.65. The van der Waals surface area contributed by atoms with Crippen LogP contribution in [0.1, 0.15) is 5.56 Å². The number of pyridine rings is 2. The van der Waals surface area contributed by atoms with Gasteiger partial charge in [0.15, 0.2) is 0 Å². The Morgan fingerprint density at radius 2 is 2.17 bits per heavy atom. The first-order valence-corrected chi connectivity index (χ1v) is 6.45. The van der Waals surface area contributed by atoms with E-state index < -0.39 is 0 Å². The molecule has 0 aliphatic heterocycles. The number of rotatable bonds is 4. The van der Waals surface area contributed by atoms with Crippen LogP contribution in [0.4, 0.5) is 5.82 Å². The molecule has 2 aromatic rings. The fraction of sp³-hybridized carbons (Fsp3) is 0.167. The molecule has 0 bridgehead atoms. The van der Waals surface area contributed by atoms with Crippen LogP contribution in [0.15, 0.2) is 35.4 Å². The van der Waals surface area contributed by atoms with Crippen molar-refractivity contribution in [2.75, 3.05) is 11.8 Å². The van der Waals surface area contributed by atoms with Crippen LogP contribution in [0.2, 0.25) is 5.15 Å². The summed E-state index contributed by atoms with van der Waals surface area (Å²) in [7, 11) is 1.60. The highest BCUT2D eigenvalue weighted by Gasteiger charge is 2.04. The maximum atomic E-state index is 5.96. The molecule has 0 saturated heterocycles.